The SMILES string of the molecule is CCNCc1cc(Cl)ccc1OC1CCCC(OC)C1. The standard InChI is InChI=1S/C16H24ClNO2/c1-3-18-11-12-9-13(17)7-8-16(12)20-15-6-4-5-14(10-15)19-2/h7-9,14-15,18H,3-6,10-11H2,1-2H3. The van der Waals surface area contributed by atoms with Crippen LogP contribution in [0.5, 0.6) is 5.75 Å². The Morgan fingerprint density at radius 1 is 1.30 bits per heavy atom. The van der Waals surface area contributed by atoms with E-state index in [2.05, 4.69) is 12.2 Å². The minimum absolute atomic E-state index is 0.246. The zero-order chi connectivity index (χ0) is 14.4. The first-order valence-electron chi connectivity index (χ1n) is 7.41. The van der Waals surface area contributed by atoms with Crippen LogP contribution in [-0.4, -0.2) is 25.9 Å². The van der Waals surface area contributed by atoms with E-state index in [1.807, 2.05) is 18.2 Å². The summed E-state index contributed by atoms with van der Waals surface area (Å²) < 4.78 is 11.7. The van der Waals surface area contributed by atoms with Crippen LogP contribution in [0.15, 0.2) is 18.2 Å². The van der Waals surface area contributed by atoms with Crippen molar-refractivity contribution < 1.29 is 9.47 Å². The minimum Gasteiger partial charge on any atom is -0.490 e. The molecule has 2 atom stereocenters. The maximum absolute atomic E-state index is 6.19. The number of halogens is 1. The highest BCUT2D eigenvalue weighted by atomic mass is 35.5. The van der Waals surface area contributed by atoms with Crippen molar-refractivity contribution >= 4 is 11.6 Å². The molecular formula is C16H24ClNO2. The van der Waals surface area contributed by atoms with Gasteiger partial charge in [0.25, 0.3) is 0 Å². The largest absolute Gasteiger partial charge is 0.490 e. The van der Waals surface area contributed by atoms with Crippen LogP contribution >= 0.6 is 11.6 Å². The van der Waals surface area contributed by atoms with Crippen LogP contribution in [0.1, 0.15) is 38.2 Å². The minimum atomic E-state index is 0.246. The Hall–Kier alpha value is -0.770. The molecule has 0 aliphatic heterocycles. The van der Waals surface area contributed by atoms with Gasteiger partial charge in [-0.1, -0.05) is 18.5 Å². The van der Waals surface area contributed by atoms with Crippen LogP contribution in [0.4, 0.5) is 0 Å². The summed E-state index contributed by atoms with van der Waals surface area (Å²) in [6.07, 6.45) is 4.96. The van der Waals surface area contributed by atoms with Crippen molar-refractivity contribution in [2.45, 2.75) is 51.4 Å². The van der Waals surface area contributed by atoms with Gasteiger partial charge in [0.05, 0.1) is 6.10 Å². The summed E-state index contributed by atoms with van der Waals surface area (Å²) in [4.78, 5) is 0. The molecule has 1 aromatic rings. The van der Waals surface area contributed by atoms with E-state index in [-0.39, 0.29) is 6.10 Å². The van der Waals surface area contributed by atoms with Crippen molar-refractivity contribution in [1.29, 1.82) is 0 Å². The molecule has 1 aliphatic rings. The van der Waals surface area contributed by atoms with E-state index in [1.165, 1.54) is 6.42 Å². The summed E-state index contributed by atoms with van der Waals surface area (Å²) in [5.74, 6) is 0.942. The van der Waals surface area contributed by atoms with Gasteiger partial charge in [0, 0.05) is 30.7 Å². The van der Waals surface area contributed by atoms with E-state index in [0.717, 1.165) is 48.7 Å². The predicted molar refractivity (Wildman–Crippen MR) is 82.5 cm³/mol. The molecule has 1 fully saturated rings. The zero-order valence-corrected chi connectivity index (χ0v) is 13.1. The fraction of sp³-hybridized carbons (Fsp3) is 0.625. The second kappa shape index (κ2) is 7.87. The molecule has 0 radical (unpaired) electrons. The third-order valence-corrected chi connectivity index (χ3v) is 4.03. The van der Waals surface area contributed by atoms with Gasteiger partial charge >= 0.3 is 0 Å². The molecule has 1 saturated carbocycles. The Balaban J connectivity index is 2.03. The topological polar surface area (TPSA) is 30.5 Å². The first kappa shape index (κ1) is 15.6. The molecule has 3 nitrogen and oxygen atoms in total. The van der Waals surface area contributed by atoms with Gasteiger partial charge in [-0.3, -0.25) is 0 Å². The number of nitrogens with one attached hydrogen (secondary N) is 1. The Morgan fingerprint density at radius 3 is 2.85 bits per heavy atom. The highest BCUT2D eigenvalue weighted by Crippen LogP contribution is 2.29. The van der Waals surface area contributed by atoms with Crippen LogP contribution in [0.2, 0.25) is 5.02 Å². The lowest BCUT2D eigenvalue weighted by molar-refractivity contribution is 0.0206. The number of rotatable bonds is 6. The van der Waals surface area contributed by atoms with Crippen molar-refractivity contribution in [3.05, 3.63) is 28.8 Å². The molecule has 1 aromatic carbocycles. The van der Waals surface area contributed by atoms with Crippen molar-refractivity contribution in [1.82, 2.24) is 5.32 Å². The molecule has 0 amide bonds. The third kappa shape index (κ3) is 4.37. The Kier molecular flexibility index (Phi) is 6.14. The van der Waals surface area contributed by atoms with Crippen LogP contribution in [-0.2, 0) is 11.3 Å². The van der Waals surface area contributed by atoms with Gasteiger partial charge in [-0.2, -0.15) is 0 Å². The number of methoxy groups -OCH3 is 1. The van der Waals surface area contributed by atoms with E-state index in [9.17, 15) is 0 Å². The summed E-state index contributed by atoms with van der Waals surface area (Å²) in [5.41, 5.74) is 1.12. The monoisotopic (exact) mass is 297 g/mol. The van der Waals surface area contributed by atoms with Crippen LogP contribution in [0.25, 0.3) is 0 Å². The zero-order valence-electron chi connectivity index (χ0n) is 12.3. The van der Waals surface area contributed by atoms with Crippen molar-refractivity contribution in [2.24, 2.45) is 0 Å². The number of ether oxygens (including phenoxy) is 2. The summed E-state index contributed by atoms with van der Waals surface area (Å²) in [6, 6.07) is 5.85. The number of benzene rings is 1. The lowest BCUT2D eigenvalue weighted by Gasteiger charge is -2.29. The van der Waals surface area contributed by atoms with Crippen LogP contribution < -0.4 is 10.1 Å². The average Bonchev–Trinajstić information content (AvgIpc) is 2.47. The molecule has 0 heterocycles. The molecule has 20 heavy (non-hydrogen) atoms. The second-order valence-corrected chi connectivity index (χ2v) is 5.73. The molecule has 112 valence electrons. The quantitative estimate of drug-likeness (QED) is 0.866. The predicted octanol–water partition coefficient (Wildman–Crippen LogP) is 3.79. The summed E-state index contributed by atoms with van der Waals surface area (Å²) in [7, 11) is 1.78. The number of hydrogen-bond donors (Lipinski definition) is 1. The molecule has 0 aromatic heterocycles. The van der Waals surface area contributed by atoms with Gasteiger partial charge in [0.1, 0.15) is 11.9 Å². The van der Waals surface area contributed by atoms with E-state index < -0.39 is 0 Å². The molecule has 0 saturated heterocycles. The maximum atomic E-state index is 6.19. The first-order valence-corrected chi connectivity index (χ1v) is 7.79. The first-order chi connectivity index (χ1) is 9.72. The smallest absolute Gasteiger partial charge is 0.124 e. The van der Waals surface area contributed by atoms with Gasteiger partial charge in [-0.15, -0.1) is 0 Å². The third-order valence-electron chi connectivity index (χ3n) is 3.79. The molecular weight excluding hydrogens is 274 g/mol. The maximum Gasteiger partial charge on any atom is 0.124 e. The highest BCUT2D eigenvalue weighted by molar-refractivity contribution is 6.30. The molecule has 1 N–H and O–H groups in total. The van der Waals surface area contributed by atoms with Gasteiger partial charge in [0.15, 0.2) is 0 Å². The van der Waals surface area contributed by atoms with Crippen LogP contribution in [0, 0.1) is 0 Å². The second-order valence-electron chi connectivity index (χ2n) is 5.30. The molecule has 0 spiro atoms. The fourth-order valence-corrected chi connectivity index (χ4v) is 2.86. The van der Waals surface area contributed by atoms with Gasteiger partial charge in [-0.05, 0) is 44.0 Å². The highest BCUT2D eigenvalue weighted by Gasteiger charge is 2.23. The molecule has 1 aliphatic carbocycles. The number of hydrogen-bond acceptors (Lipinski definition) is 3. The van der Waals surface area contributed by atoms with Gasteiger partial charge in [0.2, 0.25) is 0 Å². The van der Waals surface area contributed by atoms with E-state index in [1.54, 1.807) is 7.11 Å². The van der Waals surface area contributed by atoms with Crippen molar-refractivity contribution in [2.75, 3.05) is 13.7 Å². The Labute approximate surface area is 126 Å². The van der Waals surface area contributed by atoms with Crippen molar-refractivity contribution in [3.8, 4) is 5.75 Å². The van der Waals surface area contributed by atoms with E-state index in [4.69, 9.17) is 21.1 Å². The van der Waals surface area contributed by atoms with Gasteiger partial charge in [-0.25, -0.2) is 0 Å². The fourth-order valence-electron chi connectivity index (χ4n) is 2.66. The van der Waals surface area contributed by atoms with Crippen LogP contribution in [0.3, 0.4) is 0 Å². The van der Waals surface area contributed by atoms with E-state index in [0.29, 0.717) is 6.10 Å². The molecule has 2 unspecified atom stereocenters. The van der Waals surface area contributed by atoms with Crippen molar-refractivity contribution in [3.63, 3.8) is 0 Å². The molecule has 0 bridgehead atoms. The lowest BCUT2D eigenvalue weighted by atomic mass is 9.95. The van der Waals surface area contributed by atoms with Gasteiger partial charge < -0.3 is 14.8 Å². The Morgan fingerprint density at radius 2 is 2.10 bits per heavy atom. The average molecular weight is 298 g/mol. The molecule has 2 rings (SSSR count). The Bertz CT molecular complexity index is 425. The summed E-state index contributed by atoms with van der Waals surface area (Å²) in [6.45, 7) is 3.81. The van der Waals surface area contributed by atoms with E-state index >= 15 is 0 Å². The normalized spacial score (nSPS) is 22.8. The summed E-state index contributed by atoms with van der Waals surface area (Å²) in [5, 5.41) is 4.08. The lowest BCUT2D eigenvalue weighted by Crippen LogP contribution is -2.30. The summed E-state index contributed by atoms with van der Waals surface area (Å²) >= 11 is 6.08. The molecule has 4 heteroatoms.